The topological polar surface area (TPSA) is 66.5 Å². The summed E-state index contributed by atoms with van der Waals surface area (Å²) in [6.07, 6.45) is -4.48. The van der Waals surface area contributed by atoms with Crippen molar-refractivity contribution in [3.8, 4) is 11.1 Å². The van der Waals surface area contributed by atoms with Crippen molar-refractivity contribution in [2.45, 2.75) is 17.6 Å². The van der Waals surface area contributed by atoms with E-state index in [1.54, 1.807) is 0 Å². The maximum absolute atomic E-state index is 14.2. The van der Waals surface area contributed by atoms with Crippen LogP contribution in [0.5, 0.6) is 0 Å². The average molecular weight is 498 g/mol. The summed E-state index contributed by atoms with van der Waals surface area (Å²) < 4.78 is 91.2. The maximum atomic E-state index is 14.2. The number of nitrogens with zero attached hydrogens (tertiary/aromatic N) is 1. The summed E-state index contributed by atoms with van der Waals surface area (Å²) in [5.41, 5.74) is 0.112. The van der Waals surface area contributed by atoms with Gasteiger partial charge in [-0.25, -0.2) is 17.2 Å². The van der Waals surface area contributed by atoms with Crippen LogP contribution in [0.4, 0.5) is 22.0 Å². The summed E-state index contributed by atoms with van der Waals surface area (Å²) >= 11 is 0. The molecular weight excluding hydrogens is 479 g/mol. The van der Waals surface area contributed by atoms with E-state index in [1.807, 2.05) is 0 Å². The van der Waals surface area contributed by atoms with Crippen LogP contribution in [0.2, 0.25) is 0 Å². The van der Waals surface area contributed by atoms with Crippen molar-refractivity contribution < 1.29 is 35.2 Å². The monoisotopic (exact) mass is 498 g/mol. The van der Waals surface area contributed by atoms with Crippen molar-refractivity contribution in [1.82, 2.24) is 9.62 Å². The Bertz CT molecular complexity index is 1280. The first-order valence-electron chi connectivity index (χ1n) is 9.82. The SMILES string of the molecule is CN(CC(=O)NCc1cc(-c2ccc(C(F)(F)F)cc2)ccc1F)S(=O)(=O)c1ccc(F)cc1. The molecule has 0 spiro atoms. The van der Waals surface area contributed by atoms with E-state index in [4.69, 9.17) is 0 Å². The second-order valence-corrected chi connectivity index (χ2v) is 9.42. The molecule has 0 radical (unpaired) electrons. The number of hydrogen-bond acceptors (Lipinski definition) is 3. The molecule has 0 aliphatic rings. The zero-order valence-corrected chi connectivity index (χ0v) is 18.6. The number of amides is 1. The van der Waals surface area contributed by atoms with Gasteiger partial charge in [0.05, 0.1) is 17.0 Å². The predicted molar refractivity (Wildman–Crippen MR) is 115 cm³/mol. The summed E-state index contributed by atoms with van der Waals surface area (Å²) in [5.74, 6) is -1.98. The Morgan fingerprint density at radius 2 is 1.50 bits per heavy atom. The molecule has 0 saturated heterocycles. The third-order valence-corrected chi connectivity index (χ3v) is 6.77. The van der Waals surface area contributed by atoms with Crippen LogP contribution >= 0.6 is 0 Å². The Labute approximate surface area is 192 Å². The van der Waals surface area contributed by atoms with Crippen molar-refractivity contribution in [2.24, 2.45) is 0 Å². The molecule has 3 rings (SSSR count). The Morgan fingerprint density at radius 3 is 2.09 bits per heavy atom. The standard InChI is InChI=1S/C23H19F5N2O3S/c1-30(34(32,33)20-9-7-19(24)8-10-20)14-22(31)29-13-17-12-16(4-11-21(17)25)15-2-5-18(6-3-15)23(26,27)28/h2-12H,13-14H2,1H3,(H,29,31). The van der Waals surface area contributed by atoms with Gasteiger partial charge in [0.2, 0.25) is 15.9 Å². The van der Waals surface area contributed by atoms with Gasteiger partial charge in [-0.2, -0.15) is 17.5 Å². The van der Waals surface area contributed by atoms with Crippen LogP contribution < -0.4 is 5.32 Å². The lowest BCUT2D eigenvalue weighted by Crippen LogP contribution is -2.38. The smallest absolute Gasteiger partial charge is 0.351 e. The van der Waals surface area contributed by atoms with Gasteiger partial charge in [-0.15, -0.1) is 0 Å². The van der Waals surface area contributed by atoms with E-state index in [9.17, 15) is 35.2 Å². The van der Waals surface area contributed by atoms with Gasteiger partial charge in [0.1, 0.15) is 11.6 Å². The fourth-order valence-corrected chi connectivity index (χ4v) is 4.19. The van der Waals surface area contributed by atoms with Crippen LogP contribution in [0, 0.1) is 11.6 Å². The molecule has 180 valence electrons. The molecule has 3 aromatic rings. The molecule has 34 heavy (non-hydrogen) atoms. The third-order valence-electron chi connectivity index (χ3n) is 4.96. The number of benzene rings is 3. The molecule has 0 aliphatic carbocycles. The first-order chi connectivity index (χ1) is 15.9. The zero-order chi connectivity index (χ0) is 25.1. The van der Waals surface area contributed by atoms with Gasteiger partial charge in [-0.05, 0) is 59.7 Å². The normalized spacial score (nSPS) is 12.1. The molecule has 0 bridgehead atoms. The van der Waals surface area contributed by atoms with Gasteiger partial charge >= 0.3 is 6.18 Å². The summed E-state index contributed by atoms with van der Waals surface area (Å²) in [7, 11) is -2.88. The Hall–Kier alpha value is -3.31. The number of hydrogen-bond donors (Lipinski definition) is 1. The summed E-state index contributed by atoms with van der Waals surface area (Å²) in [4.78, 5) is 12.1. The second kappa shape index (κ2) is 9.90. The molecule has 0 aliphatic heterocycles. The lowest BCUT2D eigenvalue weighted by atomic mass is 10.0. The first-order valence-corrected chi connectivity index (χ1v) is 11.3. The predicted octanol–water partition coefficient (Wildman–Crippen LogP) is 4.59. The molecule has 5 nitrogen and oxygen atoms in total. The molecule has 3 aromatic carbocycles. The molecule has 0 unspecified atom stereocenters. The highest BCUT2D eigenvalue weighted by Crippen LogP contribution is 2.31. The summed E-state index contributed by atoms with van der Waals surface area (Å²) in [5, 5.41) is 2.42. The van der Waals surface area contributed by atoms with Crippen molar-refractivity contribution in [3.63, 3.8) is 0 Å². The van der Waals surface area contributed by atoms with E-state index in [1.165, 1.54) is 31.3 Å². The molecule has 0 saturated carbocycles. The van der Waals surface area contributed by atoms with E-state index < -0.39 is 45.8 Å². The Morgan fingerprint density at radius 1 is 0.912 bits per heavy atom. The molecule has 1 N–H and O–H groups in total. The minimum Gasteiger partial charge on any atom is -0.351 e. The molecule has 11 heteroatoms. The number of nitrogens with one attached hydrogen (secondary N) is 1. The van der Waals surface area contributed by atoms with E-state index in [2.05, 4.69) is 5.32 Å². The fourth-order valence-electron chi connectivity index (χ4n) is 3.06. The minimum atomic E-state index is -4.48. The highest BCUT2D eigenvalue weighted by molar-refractivity contribution is 7.89. The molecule has 0 heterocycles. The van der Waals surface area contributed by atoms with Crippen LogP contribution in [0.3, 0.4) is 0 Å². The molecule has 1 amide bonds. The highest BCUT2D eigenvalue weighted by Gasteiger charge is 2.30. The van der Waals surface area contributed by atoms with Crippen molar-refractivity contribution in [2.75, 3.05) is 13.6 Å². The Balaban J connectivity index is 1.67. The quantitative estimate of drug-likeness (QED) is 0.485. The van der Waals surface area contributed by atoms with Gasteiger partial charge < -0.3 is 5.32 Å². The van der Waals surface area contributed by atoms with Gasteiger partial charge in [0.15, 0.2) is 0 Å². The maximum Gasteiger partial charge on any atom is 0.416 e. The number of carbonyl (C=O) groups excluding carboxylic acids is 1. The van der Waals surface area contributed by atoms with Gasteiger partial charge in [-0.3, -0.25) is 4.79 Å². The summed E-state index contributed by atoms with van der Waals surface area (Å²) in [6, 6.07) is 12.3. The molecular formula is C23H19F5N2O3S. The minimum absolute atomic E-state index is 0.0646. The Kier molecular flexibility index (Phi) is 7.37. The van der Waals surface area contributed by atoms with Crippen LogP contribution in [0.25, 0.3) is 11.1 Å². The fraction of sp³-hybridized carbons (Fsp3) is 0.174. The van der Waals surface area contributed by atoms with Gasteiger partial charge in [-0.1, -0.05) is 18.2 Å². The number of sulfonamides is 1. The number of halogens is 5. The van der Waals surface area contributed by atoms with E-state index >= 15 is 0 Å². The van der Waals surface area contributed by atoms with Crippen LogP contribution in [-0.4, -0.2) is 32.2 Å². The van der Waals surface area contributed by atoms with E-state index in [0.29, 0.717) is 11.1 Å². The van der Waals surface area contributed by atoms with E-state index in [0.717, 1.165) is 46.8 Å². The van der Waals surface area contributed by atoms with Gasteiger partial charge in [0, 0.05) is 19.2 Å². The zero-order valence-electron chi connectivity index (χ0n) is 17.7. The average Bonchev–Trinajstić information content (AvgIpc) is 2.78. The van der Waals surface area contributed by atoms with Gasteiger partial charge in [0.25, 0.3) is 0 Å². The number of carbonyl (C=O) groups is 1. The third kappa shape index (κ3) is 5.97. The summed E-state index contributed by atoms with van der Waals surface area (Å²) in [6.45, 7) is -0.844. The largest absolute Gasteiger partial charge is 0.416 e. The number of rotatable bonds is 7. The van der Waals surface area contributed by atoms with E-state index in [-0.39, 0.29) is 17.0 Å². The van der Waals surface area contributed by atoms with Crippen molar-refractivity contribution >= 4 is 15.9 Å². The van der Waals surface area contributed by atoms with Crippen LogP contribution in [-0.2, 0) is 27.5 Å². The van der Waals surface area contributed by atoms with Crippen LogP contribution in [0.1, 0.15) is 11.1 Å². The van der Waals surface area contributed by atoms with Crippen molar-refractivity contribution in [1.29, 1.82) is 0 Å². The molecule has 0 atom stereocenters. The number of alkyl halides is 3. The van der Waals surface area contributed by atoms with Crippen LogP contribution in [0.15, 0.2) is 71.6 Å². The lowest BCUT2D eigenvalue weighted by molar-refractivity contribution is -0.137. The first kappa shape index (κ1) is 25.3. The lowest BCUT2D eigenvalue weighted by Gasteiger charge is -2.17. The number of likely N-dealkylation sites (N-methyl/N-ethyl adjacent to an activating group) is 1. The molecule has 0 aromatic heterocycles. The molecule has 0 fully saturated rings. The second-order valence-electron chi connectivity index (χ2n) is 7.37. The highest BCUT2D eigenvalue weighted by atomic mass is 32.2. The van der Waals surface area contributed by atoms with Crippen molar-refractivity contribution in [3.05, 3.63) is 89.5 Å².